The summed E-state index contributed by atoms with van der Waals surface area (Å²) >= 11 is 0. The summed E-state index contributed by atoms with van der Waals surface area (Å²) in [5, 5.41) is 2.92. The normalized spacial score (nSPS) is 11.9. The van der Waals surface area contributed by atoms with Gasteiger partial charge in [-0.05, 0) is 37.1 Å². The van der Waals surface area contributed by atoms with Gasteiger partial charge in [0.1, 0.15) is 5.75 Å². The summed E-state index contributed by atoms with van der Waals surface area (Å²) in [7, 11) is 1.63. The van der Waals surface area contributed by atoms with Gasteiger partial charge in [0.15, 0.2) is 0 Å². The Hall–Kier alpha value is -1.55. The summed E-state index contributed by atoms with van der Waals surface area (Å²) in [6.45, 7) is 3.09. The van der Waals surface area contributed by atoms with Gasteiger partial charge in [-0.3, -0.25) is 4.79 Å². The number of carbonyl (C=O) groups is 1. The number of amides is 1. The average molecular weight is 250 g/mol. The highest BCUT2D eigenvalue weighted by molar-refractivity contribution is 5.78. The predicted molar refractivity (Wildman–Crippen MR) is 72.3 cm³/mol. The first-order valence-corrected chi connectivity index (χ1v) is 6.28. The molecule has 1 amide bonds. The monoisotopic (exact) mass is 250 g/mol. The Kier molecular flexibility index (Phi) is 6.22. The van der Waals surface area contributed by atoms with Crippen molar-refractivity contribution in [1.29, 1.82) is 0 Å². The van der Waals surface area contributed by atoms with E-state index in [1.165, 1.54) is 0 Å². The summed E-state index contributed by atoms with van der Waals surface area (Å²) < 4.78 is 5.14. The van der Waals surface area contributed by atoms with Gasteiger partial charge in [-0.25, -0.2) is 0 Å². The largest absolute Gasteiger partial charge is 0.497 e. The summed E-state index contributed by atoms with van der Waals surface area (Å²) in [5.74, 6) is 0.892. The van der Waals surface area contributed by atoms with Gasteiger partial charge in [0.25, 0.3) is 0 Å². The standard InChI is InChI=1S/C14H22N2O2/c1-11(5-4-8-15)14(17)16-10-12-6-3-7-13(9-12)18-2/h3,6-7,9,11H,4-5,8,10,15H2,1-2H3,(H,16,17). The van der Waals surface area contributed by atoms with Crippen molar-refractivity contribution >= 4 is 5.91 Å². The molecule has 1 aromatic carbocycles. The lowest BCUT2D eigenvalue weighted by molar-refractivity contribution is -0.124. The van der Waals surface area contributed by atoms with E-state index in [2.05, 4.69) is 5.32 Å². The smallest absolute Gasteiger partial charge is 0.223 e. The van der Waals surface area contributed by atoms with Crippen LogP contribution in [0.4, 0.5) is 0 Å². The van der Waals surface area contributed by atoms with Crippen LogP contribution >= 0.6 is 0 Å². The molecule has 1 unspecified atom stereocenters. The van der Waals surface area contributed by atoms with Gasteiger partial charge >= 0.3 is 0 Å². The van der Waals surface area contributed by atoms with Crippen LogP contribution in [0.5, 0.6) is 5.75 Å². The van der Waals surface area contributed by atoms with E-state index < -0.39 is 0 Å². The van der Waals surface area contributed by atoms with Crippen LogP contribution in [0.25, 0.3) is 0 Å². The topological polar surface area (TPSA) is 64.3 Å². The van der Waals surface area contributed by atoms with Crippen LogP contribution in [-0.2, 0) is 11.3 Å². The Morgan fingerprint density at radius 1 is 1.50 bits per heavy atom. The average Bonchev–Trinajstić information content (AvgIpc) is 2.42. The molecule has 18 heavy (non-hydrogen) atoms. The number of hydrogen-bond acceptors (Lipinski definition) is 3. The predicted octanol–water partition coefficient (Wildman–Crippen LogP) is 1.69. The highest BCUT2D eigenvalue weighted by Gasteiger charge is 2.11. The molecule has 0 aliphatic heterocycles. The molecule has 0 aromatic heterocycles. The van der Waals surface area contributed by atoms with Crippen molar-refractivity contribution in [2.24, 2.45) is 11.7 Å². The number of rotatable bonds is 7. The highest BCUT2D eigenvalue weighted by atomic mass is 16.5. The third kappa shape index (κ3) is 4.75. The Labute approximate surface area is 109 Å². The second kappa shape index (κ2) is 7.71. The third-order valence-corrected chi connectivity index (χ3v) is 2.89. The van der Waals surface area contributed by atoms with Crippen molar-refractivity contribution in [3.8, 4) is 5.75 Å². The fourth-order valence-corrected chi connectivity index (χ4v) is 1.70. The molecule has 0 aliphatic rings. The number of benzene rings is 1. The minimum absolute atomic E-state index is 0.0131. The van der Waals surface area contributed by atoms with Crippen LogP contribution in [0.3, 0.4) is 0 Å². The number of carbonyl (C=O) groups excluding carboxylic acids is 1. The van der Waals surface area contributed by atoms with Crippen molar-refractivity contribution in [3.05, 3.63) is 29.8 Å². The molecule has 0 aliphatic carbocycles. The van der Waals surface area contributed by atoms with E-state index in [0.29, 0.717) is 13.1 Å². The molecule has 0 radical (unpaired) electrons. The van der Waals surface area contributed by atoms with E-state index >= 15 is 0 Å². The van der Waals surface area contributed by atoms with E-state index in [4.69, 9.17) is 10.5 Å². The summed E-state index contributed by atoms with van der Waals surface area (Å²) in [5.41, 5.74) is 6.46. The zero-order valence-electron chi connectivity index (χ0n) is 11.1. The molecule has 4 nitrogen and oxygen atoms in total. The number of nitrogens with one attached hydrogen (secondary N) is 1. The van der Waals surface area contributed by atoms with E-state index in [1.807, 2.05) is 31.2 Å². The summed E-state index contributed by atoms with van der Waals surface area (Å²) in [6, 6.07) is 7.69. The van der Waals surface area contributed by atoms with Crippen LogP contribution in [-0.4, -0.2) is 19.6 Å². The second-order valence-corrected chi connectivity index (χ2v) is 4.40. The van der Waals surface area contributed by atoms with Gasteiger partial charge in [-0.1, -0.05) is 19.1 Å². The Bertz CT molecular complexity index is 380. The number of ether oxygens (including phenoxy) is 1. The minimum Gasteiger partial charge on any atom is -0.497 e. The fraction of sp³-hybridized carbons (Fsp3) is 0.500. The van der Waals surface area contributed by atoms with Gasteiger partial charge in [-0.2, -0.15) is 0 Å². The fourth-order valence-electron chi connectivity index (χ4n) is 1.70. The Morgan fingerprint density at radius 2 is 2.28 bits per heavy atom. The molecule has 0 fully saturated rings. The molecule has 0 spiro atoms. The van der Waals surface area contributed by atoms with Crippen LogP contribution in [0.15, 0.2) is 24.3 Å². The van der Waals surface area contributed by atoms with Crippen LogP contribution in [0.2, 0.25) is 0 Å². The molecule has 4 heteroatoms. The first-order chi connectivity index (χ1) is 8.67. The van der Waals surface area contributed by atoms with Gasteiger partial charge in [-0.15, -0.1) is 0 Å². The summed E-state index contributed by atoms with van der Waals surface area (Å²) in [4.78, 5) is 11.8. The molecular weight excluding hydrogens is 228 g/mol. The first-order valence-electron chi connectivity index (χ1n) is 6.28. The van der Waals surface area contributed by atoms with Crippen molar-refractivity contribution in [2.45, 2.75) is 26.3 Å². The molecule has 0 bridgehead atoms. The van der Waals surface area contributed by atoms with Gasteiger partial charge in [0.2, 0.25) is 5.91 Å². The van der Waals surface area contributed by atoms with Crippen molar-refractivity contribution in [2.75, 3.05) is 13.7 Å². The van der Waals surface area contributed by atoms with Crippen LogP contribution in [0, 0.1) is 5.92 Å². The molecule has 1 atom stereocenters. The van der Waals surface area contributed by atoms with Crippen molar-refractivity contribution in [3.63, 3.8) is 0 Å². The quantitative estimate of drug-likeness (QED) is 0.774. The van der Waals surface area contributed by atoms with Crippen LogP contribution in [0.1, 0.15) is 25.3 Å². The Morgan fingerprint density at radius 3 is 2.94 bits per heavy atom. The first kappa shape index (κ1) is 14.5. The molecule has 3 N–H and O–H groups in total. The maximum absolute atomic E-state index is 11.8. The highest BCUT2D eigenvalue weighted by Crippen LogP contribution is 2.12. The minimum atomic E-state index is 0.0131. The molecule has 0 saturated heterocycles. The maximum atomic E-state index is 11.8. The third-order valence-electron chi connectivity index (χ3n) is 2.89. The van der Waals surface area contributed by atoms with Gasteiger partial charge < -0.3 is 15.8 Å². The lowest BCUT2D eigenvalue weighted by Crippen LogP contribution is -2.29. The number of nitrogens with two attached hydrogens (primary N) is 1. The van der Waals surface area contributed by atoms with Gasteiger partial charge in [0.05, 0.1) is 7.11 Å². The zero-order chi connectivity index (χ0) is 13.4. The summed E-state index contributed by atoms with van der Waals surface area (Å²) in [6.07, 6.45) is 1.72. The lowest BCUT2D eigenvalue weighted by Gasteiger charge is -2.12. The SMILES string of the molecule is COc1cccc(CNC(=O)C(C)CCCN)c1. The van der Waals surface area contributed by atoms with Crippen molar-refractivity contribution in [1.82, 2.24) is 5.32 Å². The molecule has 100 valence electrons. The lowest BCUT2D eigenvalue weighted by atomic mass is 10.0. The van der Waals surface area contributed by atoms with Crippen molar-refractivity contribution < 1.29 is 9.53 Å². The van der Waals surface area contributed by atoms with Gasteiger partial charge in [0, 0.05) is 12.5 Å². The number of hydrogen-bond donors (Lipinski definition) is 2. The van der Waals surface area contributed by atoms with E-state index in [9.17, 15) is 4.79 Å². The second-order valence-electron chi connectivity index (χ2n) is 4.40. The van der Waals surface area contributed by atoms with E-state index in [0.717, 1.165) is 24.2 Å². The molecule has 0 saturated carbocycles. The van der Waals surface area contributed by atoms with Crippen LogP contribution < -0.4 is 15.8 Å². The maximum Gasteiger partial charge on any atom is 0.223 e. The molecular formula is C14H22N2O2. The number of methoxy groups -OCH3 is 1. The molecule has 1 rings (SSSR count). The zero-order valence-corrected chi connectivity index (χ0v) is 11.1. The van der Waals surface area contributed by atoms with E-state index in [1.54, 1.807) is 7.11 Å². The molecule has 1 aromatic rings. The Balaban J connectivity index is 2.41. The molecule has 0 heterocycles. The van der Waals surface area contributed by atoms with E-state index in [-0.39, 0.29) is 11.8 Å².